The summed E-state index contributed by atoms with van der Waals surface area (Å²) in [5.74, 6) is 0. The van der Waals surface area contributed by atoms with Crippen molar-refractivity contribution < 1.29 is 9.85 Å². The van der Waals surface area contributed by atoms with Crippen molar-refractivity contribution in [2.24, 2.45) is 0 Å². The minimum atomic E-state index is -0.685. The van der Waals surface area contributed by atoms with E-state index in [1.54, 1.807) is 6.92 Å². The van der Waals surface area contributed by atoms with Crippen LogP contribution < -0.4 is 0 Å². The van der Waals surface area contributed by atoms with Crippen LogP contribution in [0.1, 0.15) is 5.69 Å². The molecule has 1 heterocycles. The van der Waals surface area contributed by atoms with Crippen molar-refractivity contribution in [1.82, 2.24) is 10.2 Å². The Balaban J connectivity index is 2.86. The first-order valence-electron chi connectivity index (χ1n) is 4.28. The number of fused-ring (bicyclic) bond motifs is 1. The molecule has 8 heteroatoms. The van der Waals surface area contributed by atoms with Gasteiger partial charge in [-0.05, 0) is 6.92 Å². The van der Waals surface area contributed by atoms with Crippen molar-refractivity contribution in [3.63, 3.8) is 0 Å². The molecular weight excluding hydrogens is 216 g/mol. The predicted molar refractivity (Wildman–Crippen MR) is 54.1 cm³/mol. The highest BCUT2D eigenvalue weighted by molar-refractivity contribution is 5.91. The third kappa shape index (κ3) is 1.36. The third-order valence-electron chi connectivity index (χ3n) is 2.22. The van der Waals surface area contributed by atoms with Gasteiger partial charge in [0.1, 0.15) is 0 Å². The number of H-pyrrole nitrogens is 1. The van der Waals surface area contributed by atoms with E-state index in [1.165, 1.54) is 6.07 Å². The molecule has 0 saturated heterocycles. The van der Waals surface area contributed by atoms with Gasteiger partial charge in [-0.3, -0.25) is 25.3 Å². The highest BCUT2D eigenvalue weighted by Crippen LogP contribution is 2.30. The molecule has 16 heavy (non-hydrogen) atoms. The summed E-state index contributed by atoms with van der Waals surface area (Å²) in [6.45, 7) is 1.64. The number of nitrogens with one attached hydrogen (secondary N) is 1. The standard InChI is InChI=1S/C8H6N4O4/c1-4-6-2-5(11(13)14)3-7(12(15)16)8(6)10-9-4/h2-3H,1H3,(H,9,10). The lowest BCUT2D eigenvalue weighted by molar-refractivity contribution is -0.393. The fraction of sp³-hybridized carbons (Fsp3) is 0.125. The molecule has 1 N–H and O–H groups in total. The van der Waals surface area contributed by atoms with Gasteiger partial charge in [0.25, 0.3) is 5.69 Å². The average Bonchev–Trinajstić information content (AvgIpc) is 2.59. The maximum Gasteiger partial charge on any atom is 0.304 e. The molecule has 0 amide bonds. The summed E-state index contributed by atoms with van der Waals surface area (Å²) >= 11 is 0. The number of nitro benzene ring substituents is 2. The molecule has 2 aromatic rings. The quantitative estimate of drug-likeness (QED) is 0.613. The number of benzene rings is 1. The number of aromatic amines is 1. The second kappa shape index (κ2) is 3.26. The van der Waals surface area contributed by atoms with Gasteiger partial charge in [0.2, 0.25) is 0 Å². The van der Waals surface area contributed by atoms with Crippen LogP contribution >= 0.6 is 0 Å². The minimum Gasteiger partial charge on any atom is -0.281 e. The van der Waals surface area contributed by atoms with E-state index < -0.39 is 9.85 Å². The Hall–Kier alpha value is -2.51. The average molecular weight is 222 g/mol. The Morgan fingerprint density at radius 2 is 1.94 bits per heavy atom. The molecule has 82 valence electrons. The van der Waals surface area contributed by atoms with Crippen LogP contribution in [-0.4, -0.2) is 20.0 Å². The van der Waals surface area contributed by atoms with Crippen LogP contribution in [0.25, 0.3) is 10.9 Å². The molecule has 0 spiro atoms. The number of hydrogen-bond acceptors (Lipinski definition) is 5. The number of aryl methyl sites for hydroxylation is 1. The van der Waals surface area contributed by atoms with E-state index in [0.717, 1.165) is 6.07 Å². The molecule has 0 atom stereocenters. The van der Waals surface area contributed by atoms with Crippen LogP contribution in [-0.2, 0) is 0 Å². The van der Waals surface area contributed by atoms with E-state index in [4.69, 9.17) is 0 Å². The van der Waals surface area contributed by atoms with Gasteiger partial charge < -0.3 is 0 Å². The number of aromatic nitrogens is 2. The summed E-state index contributed by atoms with van der Waals surface area (Å²) in [5, 5.41) is 28.0. The van der Waals surface area contributed by atoms with Crippen LogP contribution in [0, 0.1) is 27.2 Å². The van der Waals surface area contributed by atoms with Crippen molar-refractivity contribution in [1.29, 1.82) is 0 Å². The first-order chi connectivity index (χ1) is 7.50. The predicted octanol–water partition coefficient (Wildman–Crippen LogP) is 1.69. The number of hydrogen-bond donors (Lipinski definition) is 1. The number of nitro groups is 2. The summed E-state index contributed by atoms with van der Waals surface area (Å²) in [4.78, 5) is 20.0. The Bertz CT molecular complexity index is 603. The zero-order valence-corrected chi connectivity index (χ0v) is 8.13. The summed E-state index contributed by atoms with van der Waals surface area (Å²) in [5.41, 5.74) is 0.00662. The molecule has 8 nitrogen and oxygen atoms in total. The zero-order chi connectivity index (χ0) is 11.9. The van der Waals surface area contributed by atoms with Gasteiger partial charge in [0.05, 0.1) is 15.9 Å². The second-order valence-electron chi connectivity index (χ2n) is 3.22. The fourth-order valence-corrected chi connectivity index (χ4v) is 1.45. The number of rotatable bonds is 2. The largest absolute Gasteiger partial charge is 0.304 e. The minimum absolute atomic E-state index is 0.133. The summed E-state index contributed by atoms with van der Waals surface area (Å²) in [6.07, 6.45) is 0. The monoisotopic (exact) mass is 222 g/mol. The fourth-order valence-electron chi connectivity index (χ4n) is 1.45. The number of nitrogens with zero attached hydrogens (tertiary/aromatic N) is 3. The molecular formula is C8H6N4O4. The Morgan fingerprint density at radius 1 is 1.25 bits per heavy atom. The van der Waals surface area contributed by atoms with E-state index in [2.05, 4.69) is 10.2 Å². The molecule has 0 aliphatic heterocycles. The molecule has 0 fully saturated rings. The topological polar surface area (TPSA) is 115 Å². The van der Waals surface area contributed by atoms with Crippen molar-refractivity contribution in [3.05, 3.63) is 38.1 Å². The van der Waals surface area contributed by atoms with Crippen molar-refractivity contribution in [2.75, 3.05) is 0 Å². The lowest BCUT2D eigenvalue weighted by Crippen LogP contribution is -1.93. The molecule has 0 unspecified atom stereocenters. The lowest BCUT2D eigenvalue weighted by Gasteiger charge is -1.94. The van der Waals surface area contributed by atoms with Crippen LogP contribution in [0.3, 0.4) is 0 Å². The Labute approximate surface area is 88.2 Å². The van der Waals surface area contributed by atoms with Crippen LogP contribution in [0.2, 0.25) is 0 Å². The van der Waals surface area contributed by atoms with E-state index in [9.17, 15) is 20.2 Å². The van der Waals surface area contributed by atoms with E-state index in [-0.39, 0.29) is 16.9 Å². The summed E-state index contributed by atoms with van der Waals surface area (Å²) in [6, 6.07) is 2.17. The molecule has 0 aliphatic rings. The lowest BCUT2D eigenvalue weighted by atomic mass is 10.1. The van der Waals surface area contributed by atoms with Crippen LogP contribution in [0.4, 0.5) is 11.4 Å². The summed E-state index contributed by atoms with van der Waals surface area (Å²) in [7, 11) is 0. The maximum absolute atomic E-state index is 10.7. The Kier molecular flexibility index (Phi) is 2.04. The molecule has 0 aliphatic carbocycles. The van der Waals surface area contributed by atoms with Gasteiger partial charge in [0, 0.05) is 17.1 Å². The second-order valence-corrected chi connectivity index (χ2v) is 3.22. The van der Waals surface area contributed by atoms with Gasteiger partial charge in [-0.1, -0.05) is 0 Å². The molecule has 1 aromatic heterocycles. The number of non-ortho nitro benzene ring substituents is 2. The van der Waals surface area contributed by atoms with Crippen molar-refractivity contribution >= 4 is 22.3 Å². The molecule has 2 rings (SSSR count). The summed E-state index contributed by atoms with van der Waals surface area (Å²) < 4.78 is 0. The highest BCUT2D eigenvalue weighted by atomic mass is 16.6. The maximum atomic E-state index is 10.7. The zero-order valence-electron chi connectivity index (χ0n) is 8.13. The third-order valence-corrected chi connectivity index (χ3v) is 2.22. The van der Waals surface area contributed by atoms with Crippen LogP contribution in [0.15, 0.2) is 12.1 Å². The van der Waals surface area contributed by atoms with Crippen LogP contribution in [0.5, 0.6) is 0 Å². The molecule has 1 aromatic carbocycles. The van der Waals surface area contributed by atoms with Gasteiger partial charge in [-0.2, -0.15) is 5.10 Å². The SMILES string of the molecule is Cc1[nH]nc2c([N+](=O)[O-])cc([N+](=O)[O-])cc12. The molecule has 0 bridgehead atoms. The van der Waals surface area contributed by atoms with Crippen molar-refractivity contribution in [2.45, 2.75) is 6.92 Å². The molecule has 0 saturated carbocycles. The van der Waals surface area contributed by atoms with Gasteiger partial charge >= 0.3 is 5.69 Å². The molecule has 0 radical (unpaired) electrons. The van der Waals surface area contributed by atoms with Crippen molar-refractivity contribution in [3.8, 4) is 0 Å². The van der Waals surface area contributed by atoms with E-state index in [1.807, 2.05) is 0 Å². The van der Waals surface area contributed by atoms with E-state index >= 15 is 0 Å². The first-order valence-corrected chi connectivity index (χ1v) is 4.28. The Morgan fingerprint density at radius 3 is 2.50 bits per heavy atom. The smallest absolute Gasteiger partial charge is 0.281 e. The van der Waals surface area contributed by atoms with E-state index in [0.29, 0.717) is 11.1 Å². The normalized spacial score (nSPS) is 10.6. The van der Waals surface area contributed by atoms with Gasteiger partial charge in [-0.25, -0.2) is 0 Å². The van der Waals surface area contributed by atoms with Gasteiger partial charge in [-0.15, -0.1) is 0 Å². The highest BCUT2D eigenvalue weighted by Gasteiger charge is 2.22. The first kappa shape index (κ1) is 10.0. The van der Waals surface area contributed by atoms with Gasteiger partial charge in [0.15, 0.2) is 5.52 Å².